The molecule has 0 radical (unpaired) electrons. The summed E-state index contributed by atoms with van der Waals surface area (Å²) >= 11 is 0. The molecule has 0 aromatic carbocycles. The van der Waals surface area contributed by atoms with Gasteiger partial charge in [-0.3, -0.25) is 9.59 Å². The molecule has 0 aromatic heterocycles. The topological polar surface area (TPSA) is 49.4 Å². The molecular weight excluding hydrogens is 144 g/mol. The number of carbonyl (C=O) groups is 2. The molecule has 1 N–H and O–H groups in total. The Balaban J connectivity index is 2.29. The van der Waals surface area contributed by atoms with Crippen molar-refractivity contribution in [2.75, 3.05) is 13.1 Å². The van der Waals surface area contributed by atoms with Crippen LogP contribution >= 0.6 is 0 Å². The first-order valence-corrected chi connectivity index (χ1v) is 3.58. The quantitative estimate of drug-likeness (QED) is 0.495. The number of nitrogens with zero attached hydrogens (tertiary/aromatic N) is 1. The molecule has 0 aliphatic carbocycles. The second-order valence-corrected chi connectivity index (χ2v) is 2.59. The van der Waals surface area contributed by atoms with Crippen LogP contribution in [0.1, 0.15) is 6.42 Å². The average molecular weight is 152 g/mol. The van der Waals surface area contributed by atoms with Crippen molar-refractivity contribution in [3.63, 3.8) is 0 Å². The van der Waals surface area contributed by atoms with Gasteiger partial charge in [0.25, 0.3) is 5.91 Å². The third kappa shape index (κ3) is 0.824. The zero-order chi connectivity index (χ0) is 7.84. The summed E-state index contributed by atoms with van der Waals surface area (Å²) in [6.45, 7) is 1.19. The average Bonchev–Trinajstić information content (AvgIpc) is 2.35. The summed E-state index contributed by atoms with van der Waals surface area (Å²) in [5.74, 6) is -0.0862. The van der Waals surface area contributed by atoms with Gasteiger partial charge in [0, 0.05) is 19.5 Å². The fourth-order valence-electron chi connectivity index (χ4n) is 1.37. The van der Waals surface area contributed by atoms with Gasteiger partial charge in [-0.15, -0.1) is 0 Å². The van der Waals surface area contributed by atoms with E-state index in [1.165, 1.54) is 0 Å². The molecule has 0 bridgehead atoms. The summed E-state index contributed by atoms with van der Waals surface area (Å²) in [4.78, 5) is 23.6. The van der Waals surface area contributed by atoms with Gasteiger partial charge in [-0.1, -0.05) is 0 Å². The Kier molecular flexibility index (Phi) is 1.21. The second kappa shape index (κ2) is 2.08. The van der Waals surface area contributed by atoms with Crippen molar-refractivity contribution in [1.82, 2.24) is 10.2 Å². The Bertz CT molecular complexity index is 257. The van der Waals surface area contributed by atoms with E-state index >= 15 is 0 Å². The number of fused-ring (bicyclic) bond motifs is 1. The highest BCUT2D eigenvalue weighted by Gasteiger charge is 2.30. The number of hydrogen-bond acceptors (Lipinski definition) is 2. The monoisotopic (exact) mass is 152 g/mol. The van der Waals surface area contributed by atoms with Crippen LogP contribution in [0.2, 0.25) is 0 Å². The SMILES string of the molecule is O=C1NCCN2C(=O)CC=C12. The molecular formula is C7H8N2O2. The third-order valence-electron chi connectivity index (χ3n) is 1.92. The maximum Gasteiger partial charge on any atom is 0.267 e. The first-order chi connectivity index (χ1) is 5.29. The van der Waals surface area contributed by atoms with Crippen LogP contribution in [0.5, 0.6) is 0 Å². The minimum atomic E-state index is -0.123. The zero-order valence-corrected chi connectivity index (χ0v) is 5.96. The number of nitrogens with one attached hydrogen (secondary N) is 1. The number of rotatable bonds is 0. The van der Waals surface area contributed by atoms with Gasteiger partial charge in [-0.2, -0.15) is 0 Å². The largest absolute Gasteiger partial charge is 0.349 e. The Morgan fingerprint density at radius 3 is 3.00 bits per heavy atom. The van der Waals surface area contributed by atoms with Crippen LogP contribution in [0.3, 0.4) is 0 Å². The fraction of sp³-hybridized carbons (Fsp3) is 0.429. The maximum absolute atomic E-state index is 11.0. The van der Waals surface area contributed by atoms with Crippen molar-refractivity contribution in [3.05, 3.63) is 11.8 Å². The van der Waals surface area contributed by atoms with Crippen LogP contribution in [-0.2, 0) is 9.59 Å². The van der Waals surface area contributed by atoms with Gasteiger partial charge in [-0.25, -0.2) is 0 Å². The highest BCUT2D eigenvalue weighted by molar-refractivity contribution is 6.01. The summed E-state index contributed by atoms with van der Waals surface area (Å²) < 4.78 is 0. The summed E-state index contributed by atoms with van der Waals surface area (Å²) in [5.41, 5.74) is 0.529. The molecule has 2 amide bonds. The predicted molar refractivity (Wildman–Crippen MR) is 37.4 cm³/mol. The van der Waals surface area contributed by atoms with Gasteiger partial charge in [0.15, 0.2) is 0 Å². The molecule has 1 fully saturated rings. The molecule has 11 heavy (non-hydrogen) atoms. The molecule has 2 rings (SSSR count). The second-order valence-electron chi connectivity index (χ2n) is 2.59. The van der Waals surface area contributed by atoms with Crippen LogP contribution in [0.25, 0.3) is 0 Å². The van der Waals surface area contributed by atoms with E-state index in [4.69, 9.17) is 0 Å². The van der Waals surface area contributed by atoms with Gasteiger partial charge in [0.05, 0.1) is 0 Å². The predicted octanol–water partition coefficient (Wildman–Crippen LogP) is -0.768. The van der Waals surface area contributed by atoms with Crippen LogP contribution in [0.4, 0.5) is 0 Å². The zero-order valence-electron chi connectivity index (χ0n) is 5.96. The summed E-state index contributed by atoms with van der Waals surface area (Å²) in [6.07, 6.45) is 2.06. The van der Waals surface area contributed by atoms with E-state index in [9.17, 15) is 9.59 Å². The first kappa shape index (κ1) is 6.39. The smallest absolute Gasteiger partial charge is 0.267 e. The van der Waals surface area contributed by atoms with E-state index in [1.54, 1.807) is 11.0 Å². The van der Waals surface area contributed by atoms with E-state index in [2.05, 4.69) is 5.32 Å². The molecule has 2 aliphatic rings. The summed E-state index contributed by atoms with van der Waals surface area (Å²) in [7, 11) is 0. The lowest BCUT2D eigenvalue weighted by Gasteiger charge is -2.24. The van der Waals surface area contributed by atoms with Gasteiger partial charge >= 0.3 is 0 Å². The van der Waals surface area contributed by atoms with Crippen molar-refractivity contribution in [3.8, 4) is 0 Å². The molecule has 58 valence electrons. The van der Waals surface area contributed by atoms with Gasteiger partial charge in [0.2, 0.25) is 5.91 Å². The molecule has 0 aromatic rings. The molecule has 0 saturated carbocycles. The van der Waals surface area contributed by atoms with Crippen molar-refractivity contribution in [2.24, 2.45) is 0 Å². The first-order valence-electron chi connectivity index (χ1n) is 3.58. The molecule has 0 atom stereocenters. The highest BCUT2D eigenvalue weighted by atomic mass is 16.2. The number of hydrogen-bond donors (Lipinski definition) is 1. The van der Waals surface area contributed by atoms with Crippen LogP contribution < -0.4 is 5.32 Å². The standard InChI is InChI=1S/C7H8N2O2/c10-6-2-1-5-7(11)8-3-4-9(5)6/h1H,2-4H2,(H,8,11). The highest BCUT2D eigenvalue weighted by Crippen LogP contribution is 2.17. The van der Waals surface area contributed by atoms with E-state index in [1.807, 2.05) is 0 Å². The van der Waals surface area contributed by atoms with Gasteiger partial charge < -0.3 is 10.2 Å². The van der Waals surface area contributed by atoms with Crippen molar-refractivity contribution >= 4 is 11.8 Å². The lowest BCUT2D eigenvalue weighted by molar-refractivity contribution is -0.131. The van der Waals surface area contributed by atoms with E-state index in [0.29, 0.717) is 25.2 Å². The molecule has 0 unspecified atom stereocenters. The molecule has 1 saturated heterocycles. The maximum atomic E-state index is 11.0. The normalized spacial score (nSPS) is 22.9. The lowest BCUT2D eigenvalue weighted by Crippen LogP contribution is -2.45. The molecule has 4 heteroatoms. The van der Waals surface area contributed by atoms with Crippen molar-refractivity contribution < 1.29 is 9.59 Å². The van der Waals surface area contributed by atoms with Crippen LogP contribution in [-0.4, -0.2) is 29.8 Å². The minimum absolute atomic E-state index is 0.0369. The Hall–Kier alpha value is -1.32. The third-order valence-corrected chi connectivity index (χ3v) is 1.92. The van der Waals surface area contributed by atoms with Crippen molar-refractivity contribution in [2.45, 2.75) is 6.42 Å². The Labute approximate surface area is 63.9 Å². The lowest BCUT2D eigenvalue weighted by atomic mass is 10.3. The van der Waals surface area contributed by atoms with Crippen LogP contribution in [0.15, 0.2) is 11.8 Å². The Morgan fingerprint density at radius 2 is 2.27 bits per heavy atom. The van der Waals surface area contributed by atoms with Crippen LogP contribution in [0, 0.1) is 0 Å². The fourth-order valence-corrected chi connectivity index (χ4v) is 1.37. The number of amides is 2. The van der Waals surface area contributed by atoms with E-state index in [-0.39, 0.29) is 11.8 Å². The number of piperazine rings is 1. The van der Waals surface area contributed by atoms with Crippen molar-refractivity contribution in [1.29, 1.82) is 0 Å². The Morgan fingerprint density at radius 1 is 1.45 bits per heavy atom. The molecule has 2 aliphatic heterocycles. The minimum Gasteiger partial charge on any atom is -0.349 e. The molecule has 0 spiro atoms. The van der Waals surface area contributed by atoms with E-state index in [0.717, 1.165) is 0 Å². The molecule has 4 nitrogen and oxygen atoms in total. The van der Waals surface area contributed by atoms with Gasteiger partial charge in [0.1, 0.15) is 5.70 Å². The number of carbonyl (C=O) groups excluding carboxylic acids is 2. The van der Waals surface area contributed by atoms with E-state index < -0.39 is 0 Å². The molecule has 2 heterocycles. The van der Waals surface area contributed by atoms with Gasteiger partial charge in [-0.05, 0) is 6.08 Å². The summed E-state index contributed by atoms with van der Waals surface area (Å²) in [5, 5.41) is 2.67. The summed E-state index contributed by atoms with van der Waals surface area (Å²) in [6, 6.07) is 0.